The summed E-state index contributed by atoms with van der Waals surface area (Å²) in [4.78, 5) is 24.1. The third-order valence-corrected chi connectivity index (χ3v) is 5.61. The molecular formula is C22H32N4O2. The Bertz CT molecular complexity index is 829. The number of aryl methyl sites for hydroxylation is 3. The Kier molecular flexibility index (Phi) is 6.83. The van der Waals surface area contributed by atoms with Gasteiger partial charge >= 0.3 is 0 Å². The summed E-state index contributed by atoms with van der Waals surface area (Å²) >= 11 is 0. The Morgan fingerprint density at radius 2 is 1.89 bits per heavy atom. The fourth-order valence-corrected chi connectivity index (χ4v) is 3.68. The summed E-state index contributed by atoms with van der Waals surface area (Å²) in [5.74, 6) is 1.02. The Morgan fingerprint density at radius 1 is 1.18 bits per heavy atom. The molecule has 6 heteroatoms. The van der Waals surface area contributed by atoms with E-state index < -0.39 is 0 Å². The SMILES string of the molecule is CCOCCCNC(=O)C1CCN(c2nc(C)c3cc(C)c(C)cc3n2)CC1. The van der Waals surface area contributed by atoms with Crippen molar-refractivity contribution in [1.29, 1.82) is 0 Å². The van der Waals surface area contributed by atoms with Crippen LogP contribution in [0, 0.1) is 26.7 Å². The summed E-state index contributed by atoms with van der Waals surface area (Å²) in [6.07, 6.45) is 2.54. The van der Waals surface area contributed by atoms with Crippen LogP contribution in [-0.4, -0.2) is 48.7 Å². The van der Waals surface area contributed by atoms with Gasteiger partial charge in [0.1, 0.15) is 0 Å². The van der Waals surface area contributed by atoms with Crippen molar-refractivity contribution in [3.05, 3.63) is 29.0 Å². The van der Waals surface area contributed by atoms with Crippen LogP contribution in [0.1, 0.15) is 43.0 Å². The van der Waals surface area contributed by atoms with Gasteiger partial charge in [-0.3, -0.25) is 4.79 Å². The van der Waals surface area contributed by atoms with Gasteiger partial charge in [-0.15, -0.1) is 0 Å². The van der Waals surface area contributed by atoms with Crippen LogP contribution in [0.25, 0.3) is 10.9 Å². The van der Waals surface area contributed by atoms with Crippen molar-refractivity contribution in [3.8, 4) is 0 Å². The van der Waals surface area contributed by atoms with E-state index in [1.54, 1.807) is 0 Å². The van der Waals surface area contributed by atoms with Crippen molar-refractivity contribution >= 4 is 22.8 Å². The number of rotatable bonds is 7. The number of anilines is 1. The molecule has 152 valence electrons. The zero-order chi connectivity index (χ0) is 20.1. The van der Waals surface area contributed by atoms with Gasteiger partial charge in [0.25, 0.3) is 0 Å². The van der Waals surface area contributed by atoms with Gasteiger partial charge < -0.3 is 15.0 Å². The Hall–Kier alpha value is -2.21. The standard InChI is InChI=1S/C22H32N4O2/c1-5-28-12-6-9-23-21(27)18-7-10-26(11-8-18)22-24-17(4)19-13-15(2)16(3)14-20(19)25-22/h13-14,18H,5-12H2,1-4H3,(H,23,27). The average Bonchev–Trinajstić information content (AvgIpc) is 2.69. The van der Waals surface area contributed by atoms with E-state index in [2.05, 4.69) is 36.2 Å². The highest BCUT2D eigenvalue weighted by Gasteiger charge is 2.26. The van der Waals surface area contributed by atoms with E-state index in [9.17, 15) is 4.79 Å². The second-order valence-corrected chi connectivity index (χ2v) is 7.67. The van der Waals surface area contributed by atoms with E-state index in [0.29, 0.717) is 13.2 Å². The lowest BCUT2D eigenvalue weighted by Crippen LogP contribution is -2.41. The first-order chi connectivity index (χ1) is 13.5. The van der Waals surface area contributed by atoms with Gasteiger partial charge in [0, 0.05) is 44.2 Å². The minimum Gasteiger partial charge on any atom is -0.382 e. The Balaban J connectivity index is 1.59. The fraction of sp³-hybridized carbons (Fsp3) is 0.591. The van der Waals surface area contributed by atoms with Gasteiger partial charge in [0.05, 0.1) is 11.2 Å². The number of hydrogen-bond donors (Lipinski definition) is 1. The zero-order valence-electron chi connectivity index (χ0n) is 17.5. The van der Waals surface area contributed by atoms with Crippen molar-refractivity contribution in [2.45, 2.75) is 47.0 Å². The molecule has 3 rings (SSSR count). The lowest BCUT2D eigenvalue weighted by molar-refractivity contribution is -0.125. The van der Waals surface area contributed by atoms with E-state index >= 15 is 0 Å². The van der Waals surface area contributed by atoms with E-state index in [-0.39, 0.29) is 11.8 Å². The molecule has 0 unspecified atom stereocenters. The van der Waals surface area contributed by atoms with Crippen molar-refractivity contribution in [3.63, 3.8) is 0 Å². The molecule has 0 bridgehead atoms. The molecule has 0 atom stereocenters. The number of carbonyl (C=O) groups is 1. The maximum absolute atomic E-state index is 12.4. The largest absolute Gasteiger partial charge is 0.382 e. The quantitative estimate of drug-likeness (QED) is 0.742. The van der Waals surface area contributed by atoms with Crippen LogP contribution >= 0.6 is 0 Å². The predicted octanol–water partition coefficient (Wildman–Crippen LogP) is 3.31. The molecule has 1 aliphatic rings. The summed E-state index contributed by atoms with van der Waals surface area (Å²) < 4.78 is 5.31. The summed E-state index contributed by atoms with van der Waals surface area (Å²) in [6, 6.07) is 4.32. The van der Waals surface area contributed by atoms with Crippen molar-refractivity contribution in [2.75, 3.05) is 37.7 Å². The molecule has 2 heterocycles. The molecule has 0 aliphatic carbocycles. The number of ether oxygens (including phenoxy) is 1. The molecule has 1 aliphatic heterocycles. The van der Waals surface area contributed by atoms with Crippen LogP contribution in [0.2, 0.25) is 0 Å². The highest BCUT2D eigenvalue weighted by molar-refractivity contribution is 5.83. The number of amides is 1. The average molecular weight is 385 g/mol. The Morgan fingerprint density at radius 3 is 2.61 bits per heavy atom. The molecule has 28 heavy (non-hydrogen) atoms. The molecule has 1 aromatic heterocycles. The molecular weight excluding hydrogens is 352 g/mol. The van der Waals surface area contributed by atoms with E-state index in [1.165, 1.54) is 11.1 Å². The van der Waals surface area contributed by atoms with E-state index in [0.717, 1.165) is 61.5 Å². The number of nitrogens with zero attached hydrogens (tertiary/aromatic N) is 3. The highest BCUT2D eigenvalue weighted by atomic mass is 16.5. The minimum absolute atomic E-state index is 0.0785. The zero-order valence-corrected chi connectivity index (χ0v) is 17.5. The third kappa shape index (κ3) is 4.79. The number of piperidine rings is 1. The normalized spacial score (nSPS) is 15.2. The van der Waals surface area contributed by atoms with E-state index in [1.807, 2.05) is 13.8 Å². The van der Waals surface area contributed by atoms with Crippen molar-refractivity contribution in [2.24, 2.45) is 5.92 Å². The smallest absolute Gasteiger partial charge is 0.226 e. The van der Waals surface area contributed by atoms with Gasteiger partial charge in [0.2, 0.25) is 11.9 Å². The molecule has 0 saturated carbocycles. The topological polar surface area (TPSA) is 67.3 Å². The molecule has 6 nitrogen and oxygen atoms in total. The lowest BCUT2D eigenvalue weighted by Gasteiger charge is -2.31. The molecule has 1 aromatic carbocycles. The number of benzene rings is 1. The maximum Gasteiger partial charge on any atom is 0.226 e. The molecule has 1 N–H and O–H groups in total. The van der Waals surface area contributed by atoms with Crippen LogP contribution in [0.15, 0.2) is 12.1 Å². The molecule has 0 spiro atoms. The minimum atomic E-state index is 0.0785. The first-order valence-corrected chi connectivity index (χ1v) is 10.4. The first kappa shape index (κ1) is 20.5. The summed E-state index contributed by atoms with van der Waals surface area (Å²) in [6.45, 7) is 12.0. The highest BCUT2D eigenvalue weighted by Crippen LogP contribution is 2.25. The fourth-order valence-electron chi connectivity index (χ4n) is 3.68. The monoisotopic (exact) mass is 384 g/mol. The maximum atomic E-state index is 12.4. The van der Waals surface area contributed by atoms with Crippen LogP contribution < -0.4 is 10.2 Å². The number of carbonyl (C=O) groups excluding carboxylic acids is 1. The second kappa shape index (κ2) is 9.32. The van der Waals surface area contributed by atoms with Crippen molar-refractivity contribution < 1.29 is 9.53 Å². The van der Waals surface area contributed by atoms with Gasteiger partial charge in [-0.25, -0.2) is 9.97 Å². The third-order valence-electron chi connectivity index (χ3n) is 5.61. The summed E-state index contributed by atoms with van der Waals surface area (Å²) in [5.41, 5.74) is 4.52. The molecule has 1 saturated heterocycles. The van der Waals surface area contributed by atoms with Gasteiger partial charge in [-0.1, -0.05) is 0 Å². The van der Waals surface area contributed by atoms with Crippen LogP contribution in [0.4, 0.5) is 5.95 Å². The van der Waals surface area contributed by atoms with Gasteiger partial charge in [-0.05, 0) is 70.2 Å². The van der Waals surface area contributed by atoms with Crippen molar-refractivity contribution in [1.82, 2.24) is 15.3 Å². The van der Waals surface area contributed by atoms with E-state index in [4.69, 9.17) is 14.7 Å². The lowest BCUT2D eigenvalue weighted by atomic mass is 9.96. The number of nitrogens with one attached hydrogen (secondary N) is 1. The number of aromatic nitrogens is 2. The van der Waals surface area contributed by atoms with Crippen LogP contribution in [0.3, 0.4) is 0 Å². The first-order valence-electron chi connectivity index (χ1n) is 10.4. The second-order valence-electron chi connectivity index (χ2n) is 7.67. The van der Waals surface area contributed by atoms with Crippen LogP contribution in [-0.2, 0) is 9.53 Å². The number of fused-ring (bicyclic) bond motifs is 1. The predicted molar refractivity (Wildman–Crippen MR) is 113 cm³/mol. The van der Waals surface area contributed by atoms with Gasteiger partial charge in [-0.2, -0.15) is 0 Å². The summed E-state index contributed by atoms with van der Waals surface area (Å²) in [5, 5.41) is 4.16. The van der Waals surface area contributed by atoms with Crippen LogP contribution in [0.5, 0.6) is 0 Å². The molecule has 1 amide bonds. The molecule has 0 radical (unpaired) electrons. The molecule has 2 aromatic rings. The Labute approximate surface area is 167 Å². The number of hydrogen-bond acceptors (Lipinski definition) is 5. The summed E-state index contributed by atoms with van der Waals surface area (Å²) in [7, 11) is 0. The molecule has 1 fully saturated rings. The van der Waals surface area contributed by atoms with Gasteiger partial charge in [0.15, 0.2) is 0 Å².